The molecular weight excluding hydrogens is 314 g/mol. The summed E-state index contributed by atoms with van der Waals surface area (Å²) in [6, 6.07) is 14.1. The largest absolute Gasteiger partial charge is 0.378 e. The molecular formula is C17H18ClN3O2. The first-order valence-corrected chi connectivity index (χ1v) is 7.44. The zero-order valence-corrected chi connectivity index (χ0v) is 13.7. The van der Waals surface area contributed by atoms with Gasteiger partial charge >= 0.3 is 0 Å². The lowest BCUT2D eigenvalue weighted by Gasteiger charge is -2.13. The highest BCUT2D eigenvalue weighted by Gasteiger charge is 2.10. The van der Waals surface area contributed by atoms with Crippen molar-refractivity contribution < 1.29 is 9.59 Å². The third-order valence-corrected chi connectivity index (χ3v) is 3.37. The van der Waals surface area contributed by atoms with Crippen LogP contribution in [0.4, 0.5) is 17.1 Å². The predicted molar refractivity (Wildman–Crippen MR) is 94.1 cm³/mol. The van der Waals surface area contributed by atoms with Crippen LogP contribution in [0.3, 0.4) is 0 Å². The number of nitrogens with one attached hydrogen (secondary N) is 2. The number of benzene rings is 2. The number of anilines is 3. The molecule has 0 heterocycles. The summed E-state index contributed by atoms with van der Waals surface area (Å²) in [6.07, 6.45) is -0.252. The molecule has 0 aromatic heterocycles. The number of nitrogens with zero attached hydrogens (tertiary/aromatic N) is 1. The Bertz CT molecular complexity index is 682. The lowest BCUT2D eigenvalue weighted by atomic mass is 10.2. The fourth-order valence-corrected chi connectivity index (χ4v) is 2.06. The van der Waals surface area contributed by atoms with Gasteiger partial charge in [-0.1, -0.05) is 11.6 Å². The van der Waals surface area contributed by atoms with Crippen molar-refractivity contribution >= 4 is 40.5 Å². The number of hydrogen-bond donors (Lipinski definition) is 2. The van der Waals surface area contributed by atoms with Gasteiger partial charge in [-0.25, -0.2) is 0 Å². The summed E-state index contributed by atoms with van der Waals surface area (Å²) in [5.74, 6) is -0.746. The van der Waals surface area contributed by atoms with Gasteiger partial charge in [-0.15, -0.1) is 0 Å². The monoisotopic (exact) mass is 331 g/mol. The van der Waals surface area contributed by atoms with Crippen LogP contribution < -0.4 is 15.5 Å². The maximum Gasteiger partial charge on any atom is 0.233 e. The van der Waals surface area contributed by atoms with Gasteiger partial charge in [0.15, 0.2) is 0 Å². The Morgan fingerprint density at radius 1 is 0.870 bits per heavy atom. The Morgan fingerprint density at radius 3 is 1.74 bits per heavy atom. The molecule has 0 saturated carbocycles. The van der Waals surface area contributed by atoms with Crippen molar-refractivity contribution in [2.45, 2.75) is 6.42 Å². The van der Waals surface area contributed by atoms with Gasteiger partial charge < -0.3 is 15.5 Å². The normalized spacial score (nSPS) is 10.0. The highest BCUT2D eigenvalue weighted by Crippen LogP contribution is 2.16. The van der Waals surface area contributed by atoms with E-state index in [-0.39, 0.29) is 18.2 Å². The van der Waals surface area contributed by atoms with Crippen LogP contribution in [-0.4, -0.2) is 25.9 Å². The number of rotatable bonds is 5. The summed E-state index contributed by atoms with van der Waals surface area (Å²) in [4.78, 5) is 25.7. The van der Waals surface area contributed by atoms with Crippen LogP contribution in [0.25, 0.3) is 0 Å². The zero-order valence-electron chi connectivity index (χ0n) is 13.0. The third-order valence-electron chi connectivity index (χ3n) is 3.12. The predicted octanol–water partition coefficient (Wildman–Crippen LogP) is 3.37. The molecule has 23 heavy (non-hydrogen) atoms. The molecule has 2 aromatic rings. The Labute approximate surface area is 140 Å². The minimum atomic E-state index is -0.380. The lowest BCUT2D eigenvalue weighted by Crippen LogP contribution is -2.21. The van der Waals surface area contributed by atoms with E-state index in [0.717, 1.165) is 5.69 Å². The molecule has 0 bridgehead atoms. The van der Waals surface area contributed by atoms with Crippen molar-refractivity contribution in [2.24, 2.45) is 0 Å². The fraction of sp³-hybridized carbons (Fsp3) is 0.176. The molecule has 0 spiro atoms. The van der Waals surface area contributed by atoms with Crippen LogP contribution >= 0.6 is 11.6 Å². The summed E-state index contributed by atoms with van der Waals surface area (Å²) in [5.41, 5.74) is 2.28. The second-order valence-corrected chi connectivity index (χ2v) is 5.66. The topological polar surface area (TPSA) is 61.4 Å². The van der Waals surface area contributed by atoms with Crippen molar-refractivity contribution in [1.29, 1.82) is 0 Å². The summed E-state index contributed by atoms with van der Waals surface area (Å²) in [5, 5.41) is 5.92. The van der Waals surface area contributed by atoms with Crippen molar-refractivity contribution in [1.82, 2.24) is 0 Å². The van der Waals surface area contributed by atoms with E-state index in [2.05, 4.69) is 10.6 Å². The Morgan fingerprint density at radius 2 is 1.30 bits per heavy atom. The first kappa shape index (κ1) is 16.8. The molecule has 0 atom stereocenters. The van der Waals surface area contributed by atoms with Crippen molar-refractivity contribution in [3.05, 3.63) is 53.6 Å². The van der Waals surface area contributed by atoms with Crippen LogP contribution in [0, 0.1) is 0 Å². The minimum Gasteiger partial charge on any atom is -0.378 e. The van der Waals surface area contributed by atoms with Crippen molar-refractivity contribution in [2.75, 3.05) is 29.6 Å². The van der Waals surface area contributed by atoms with Gasteiger partial charge in [-0.3, -0.25) is 9.59 Å². The van der Waals surface area contributed by atoms with Gasteiger partial charge in [-0.05, 0) is 48.5 Å². The molecule has 2 amide bonds. The SMILES string of the molecule is CN(C)c1ccc(NC(=O)CC(=O)Nc2ccc(Cl)cc2)cc1. The van der Waals surface area contributed by atoms with Crippen LogP contribution in [0.5, 0.6) is 0 Å². The molecule has 0 unspecified atom stereocenters. The summed E-state index contributed by atoms with van der Waals surface area (Å²) in [7, 11) is 3.88. The van der Waals surface area contributed by atoms with Crippen LogP contribution in [-0.2, 0) is 9.59 Å². The zero-order chi connectivity index (χ0) is 16.8. The number of hydrogen-bond acceptors (Lipinski definition) is 3. The van der Waals surface area contributed by atoms with Gasteiger partial charge in [0.2, 0.25) is 11.8 Å². The highest BCUT2D eigenvalue weighted by molar-refractivity contribution is 6.30. The molecule has 120 valence electrons. The third kappa shape index (κ3) is 5.30. The molecule has 0 fully saturated rings. The van der Waals surface area contributed by atoms with E-state index >= 15 is 0 Å². The number of halogens is 1. The summed E-state index contributed by atoms with van der Waals surface area (Å²) in [6.45, 7) is 0. The van der Waals surface area contributed by atoms with E-state index in [1.54, 1.807) is 36.4 Å². The molecule has 0 aliphatic heterocycles. The molecule has 2 rings (SSSR count). The van der Waals surface area contributed by atoms with Crippen molar-refractivity contribution in [3.8, 4) is 0 Å². The van der Waals surface area contributed by atoms with E-state index in [1.165, 1.54) is 0 Å². The van der Waals surface area contributed by atoms with E-state index in [1.807, 2.05) is 31.1 Å². The Kier molecular flexibility index (Phi) is 5.60. The highest BCUT2D eigenvalue weighted by atomic mass is 35.5. The fourth-order valence-electron chi connectivity index (χ4n) is 1.93. The Hall–Kier alpha value is -2.53. The van der Waals surface area contributed by atoms with Crippen LogP contribution in [0.15, 0.2) is 48.5 Å². The summed E-state index contributed by atoms with van der Waals surface area (Å²) >= 11 is 5.77. The van der Waals surface area contributed by atoms with Gasteiger partial charge in [0.1, 0.15) is 6.42 Å². The second kappa shape index (κ2) is 7.65. The first-order valence-electron chi connectivity index (χ1n) is 7.07. The first-order chi connectivity index (χ1) is 10.9. The smallest absolute Gasteiger partial charge is 0.233 e. The molecule has 2 N–H and O–H groups in total. The quantitative estimate of drug-likeness (QED) is 0.826. The van der Waals surface area contributed by atoms with Gasteiger partial charge in [-0.2, -0.15) is 0 Å². The van der Waals surface area contributed by atoms with Crippen LogP contribution in [0.1, 0.15) is 6.42 Å². The molecule has 5 nitrogen and oxygen atoms in total. The van der Waals surface area contributed by atoms with Gasteiger partial charge in [0.05, 0.1) is 0 Å². The molecule has 0 saturated heterocycles. The van der Waals surface area contributed by atoms with E-state index in [0.29, 0.717) is 16.4 Å². The van der Waals surface area contributed by atoms with E-state index in [9.17, 15) is 9.59 Å². The van der Waals surface area contributed by atoms with E-state index in [4.69, 9.17) is 11.6 Å². The van der Waals surface area contributed by atoms with E-state index < -0.39 is 0 Å². The molecule has 6 heteroatoms. The second-order valence-electron chi connectivity index (χ2n) is 5.22. The summed E-state index contributed by atoms with van der Waals surface area (Å²) < 4.78 is 0. The number of amides is 2. The maximum absolute atomic E-state index is 11.9. The maximum atomic E-state index is 11.9. The lowest BCUT2D eigenvalue weighted by molar-refractivity contribution is -0.123. The standard InChI is InChI=1S/C17H18ClN3O2/c1-21(2)15-9-7-14(8-10-15)20-17(23)11-16(22)19-13-5-3-12(18)4-6-13/h3-10H,11H2,1-2H3,(H,19,22)(H,20,23). The minimum absolute atomic E-state index is 0.252. The number of carbonyl (C=O) groups excluding carboxylic acids is 2. The van der Waals surface area contributed by atoms with Gasteiger partial charge in [0.25, 0.3) is 0 Å². The molecule has 2 aromatic carbocycles. The van der Waals surface area contributed by atoms with Crippen molar-refractivity contribution in [3.63, 3.8) is 0 Å². The average molecular weight is 332 g/mol. The molecule has 0 aliphatic rings. The number of carbonyl (C=O) groups is 2. The molecule has 0 radical (unpaired) electrons. The van der Waals surface area contributed by atoms with Crippen LogP contribution in [0.2, 0.25) is 5.02 Å². The average Bonchev–Trinajstić information content (AvgIpc) is 2.50. The molecule has 0 aliphatic carbocycles. The van der Waals surface area contributed by atoms with Gasteiger partial charge in [0, 0.05) is 36.2 Å². The Balaban J connectivity index is 1.86.